The number of hydrogen-bond donors (Lipinski definition) is 3. The molecule has 1 aliphatic heterocycles. The zero-order valence-corrected chi connectivity index (χ0v) is 25.0. The van der Waals surface area contributed by atoms with Crippen LogP contribution in [0.4, 0.5) is 4.79 Å². The number of likely N-dealkylation sites (tertiary alicyclic amines) is 1. The number of fused-ring (bicyclic) bond motifs is 1. The number of rotatable bonds is 9. The monoisotopic (exact) mass is 563 g/mol. The number of aliphatic hydroxyl groups excluding tert-OH is 1. The van der Waals surface area contributed by atoms with Crippen molar-refractivity contribution >= 4 is 23.9 Å². The zero-order valence-electron chi connectivity index (χ0n) is 25.0. The number of piperidine rings is 1. The average molecular weight is 564 g/mol. The maximum atomic E-state index is 14.2. The molecule has 1 saturated heterocycles. The van der Waals surface area contributed by atoms with E-state index in [2.05, 4.69) is 24.5 Å². The molecular formula is C30H49N3O7. The van der Waals surface area contributed by atoms with Gasteiger partial charge < -0.3 is 30.1 Å². The molecule has 6 atom stereocenters. The topological polar surface area (TPSA) is 134 Å². The van der Waals surface area contributed by atoms with Crippen molar-refractivity contribution in [1.82, 2.24) is 15.5 Å². The molecule has 10 heteroatoms. The van der Waals surface area contributed by atoms with Crippen molar-refractivity contribution in [3.05, 3.63) is 0 Å². The largest absolute Gasteiger partial charge is 0.467 e. The Morgan fingerprint density at radius 2 is 1.65 bits per heavy atom. The van der Waals surface area contributed by atoms with Crippen LogP contribution in [0.3, 0.4) is 0 Å². The van der Waals surface area contributed by atoms with Gasteiger partial charge in [-0.15, -0.1) is 0 Å². The van der Waals surface area contributed by atoms with E-state index in [9.17, 15) is 24.3 Å². The van der Waals surface area contributed by atoms with Crippen LogP contribution < -0.4 is 10.6 Å². The van der Waals surface area contributed by atoms with Crippen LogP contribution in [0.2, 0.25) is 0 Å². The summed E-state index contributed by atoms with van der Waals surface area (Å²) in [5, 5.41) is 16.5. The summed E-state index contributed by atoms with van der Waals surface area (Å²) in [5.41, 5.74) is -0.815. The van der Waals surface area contributed by atoms with Crippen LogP contribution in [0.15, 0.2) is 0 Å². The fourth-order valence-electron chi connectivity index (χ4n) is 7.18. The Hall–Kier alpha value is -2.36. The van der Waals surface area contributed by atoms with Gasteiger partial charge in [0, 0.05) is 6.54 Å². The van der Waals surface area contributed by atoms with Gasteiger partial charge in [-0.2, -0.15) is 0 Å². The Labute approximate surface area is 238 Å². The lowest BCUT2D eigenvalue weighted by atomic mass is 9.79. The molecular weight excluding hydrogens is 514 g/mol. The van der Waals surface area contributed by atoms with Gasteiger partial charge in [0.1, 0.15) is 17.7 Å². The van der Waals surface area contributed by atoms with Crippen LogP contribution in [0.1, 0.15) is 92.4 Å². The van der Waals surface area contributed by atoms with Crippen LogP contribution in [-0.2, 0) is 23.9 Å². The number of hydrogen-bond acceptors (Lipinski definition) is 7. The van der Waals surface area contributed by atoms with Crippen LogP contribution in [0.25, 0.3) is 0 Å². The molecule has 10 nitrogen and oxygen atoms in total. The summed E-state index contributed by atoms with van der Waals surface area (Å²) in [7, 11) is 1.21. The number of amides is 3. The van der Waals surface area contributed by atoms with Gasteiger partial charge in [-0.05, 0) is 69.1 Å². The molecule has 3 saturated carbocycles. The molecule has 0 aromatic heterocycles. The van der Waals surface area contributed by atoms with Crippen LogP contribution in [0, 0.1) is 29.1 Å². The lowest BCUT2D eigenvalue weighted by Gasteiger charge is -2.38. The number of esters is 1. The summed E-state index contributed by atoms with van der Waals surface area (Å²) < 4.78 is 10.3. The first-order valence-electron chi connectivity index (χ1n) is 15.1. The van der Waals surface area contributed by atoms with Gasteiger partial charge in [0.2, 0.25) is 11.8 Å². The molecule has 3 N–H and O–H groups in total. The second kappa shape index (κ2) is 11.9. The normalized spacial score (nSPS) is 28.4. The smallest absolute Gasteiger partial charge is 0.408 e. The van der Waals surface area contributed by atoms with Gasteiger partial charge in [0.15, 0.2) is 6.10 Å². The van der Waals surface area contributed by atoms with E-state index >= 15 is 0 Å². The molecule has 4 fully saturated rings. The van der Waals surface area contributed by atoms with Gasteiger partial charge in [-0.1, -0.05) is 52.4 Å². The third-order valence-electron chi connectivity index (χ3n) is 9.78. The third-order valence-corrected chi connectivity index (χ3v) is 9.78. The number of aliphatic hydroxyl groups is 1. The number of nitrogens with one attached hydrogen (secondary N) is 2. The van der Waals surface area contributed by atoms with Crippen molar-refractivity contribution in [1.29, 1.82) is 0 Å². The zero-order chi connectivity index (χ0) is 29.4. The molecule has 4 unspecified atom stereocenters. The molecule has 0 radical (unpaired) electrons. The van der Waals surface area contributed by atoms with Gasteiger partial charge in [0.05, 0.1) is 13.2 Å². The van der Waals surface area contributed by atoms with Crippen molar-refractivity contribution < 1.29 is 33.8 Å². The predicted octanol–water partition coefficient (Wildman–Crippen LogP) is 3.15. The summed E-state index contributed by atoms with van der Waals surface area (Å²) in [6, 6.07) is -2.32. The summed E-state index contributed by atoms with van der Waals surface area (Å²) >= 11 is 0. The quantitative estimate of drug-likeness (QED) is 0.367. The van der Waals surface area contributed by atoms with Crippen molar-refractivity contribution in [2.45, 2.75) is 122 Å². The lowest BCUT2D eigenvalue weighted by Crippen LogP contribution is -2.60. The van der Waals surface area contributed by atoms with E-state index in [1.54, 1.807) is 25.7 Å². The van der Waals surface area contributed by atoms with Gasteiger partial charge in [-0.3, -0.25) is 9.59 Å². The molecule has 0 aromatic carbocycles. The van der Waals surface area contributed by atoms with Gasteiger partial charge in [-0.25, -0.2) is 9.59 Å². The number of methoxy groups -OCH3 is 1. The van der Waals surface area contributed by atoms with E-state index < -0.39 is 41.9 Å². The fraction of sp³-hybridized carbons (Fsp3) is 0.867. The SMILES string of the molecule is COC(=O)C(O)C(CC1CCC1)NC(=O)[C@@H]1C2C(CN1C(=O)[C@@H](NC(=O)OC(C)(C)C)C1CCCCC1)C2(C)C. The molecule has 4 rings (SSSR count). The number of carbonyl (C=O) groups is 4. The lowest BCUT2D eigenvalue weighted by molar-refractivity contribution is -0.153. The second-order valence-electron chi connectivity index (χ2n) is 14.0. The molecule has 0 aromatic rings. The van der Waals surface area contributed by atoms with Crippen molar-refractivity contribution in [2.75, 3.05) is 13.7 Å². The van der Waals surface area contributed by atoms with Crippen molar-refractivity contribution in [2.24, 2.45) is 29.1 Å². The van der Waals surface area contributed by atoms with E-state index in [1.165, 1.54) is 7.11 Å². The molecule has 226 valence electrons. The fourth-order valence-corrected chi connectivity index (χ4v) is 7.18. The minimum atomic E-state index is -1.48. The summed E-state index contributed by atoms with van der Waals surface area (Å²) in [4.78, 5) is 54.8. The van der Waals surface area contributed by atoms with E-state index in [4.69, 9.17) is 9.47 Å². The molecule has 0 spiro atoms. The van der Waals surface area contributed by atoms with Crippen LogP contribution in [-0.4, -0.2) is 77.4 Å². The minimum absolute atomic E-state index is 0.0325. The Bertz CT molecular complexity index is 967. The highest BCUT2D eigenvalue weighted by Crippen LogP contribution is 2.65. The molecule has 1 heterocycles. The maximum absolute atomic E-state index is 14.2. The Balaban J connectivity index is 1.55. The second-order valence-corrected chi connectivity index (χ2v) is 14.0. The first-order chi connectivity index (χ1) is 18.7. The minimum Gasteiger partial charge on any atom is -0.467 e. The number of ether oxygens (including phenoxy) is 2. The van der Waals surface area contributed by atoms with E-state index in [-0.39, 0.29) is 35.0 Å². The van der Waals surface area contributed by atoms with Crippen LogP contribution >= 0.6 is 0 Å². The molecule has 0 bridgehead atoms. The summed E-state index contributed by atoms with van der Waals surface area (Å²) in [6.45, 7) is 9.99. The Morgan fingerprint density at radius 3 is 2.20 bits per heavy atom. The molecule has 3 aliphatic carbocycles. The summed E-state index contributed by atoms with van der Waals surface area (Å²) in [5.74, 6) is -0.989. The van der Waals surface area contributed by atoms with Gasteiger partial charge in [0.25, 0.3) is 0 Å². The third kappa shape index (κ3) is 6.58. The molecule has 40 heavy (non-hydrogen) atoms. The molecule has 4 aliphatic rings. The Morgan fingerprint density at radius 1 is 1.00 bits per heavy atom. The highest BCUT2D eigenvalue weighted by molar-refractivity contribution is 5.93. The van der Waals surface area contributed by atoms with Gasteiger partial charge >= 0.3 is 12.1 Å². The standard InChI is InChI=1S/C30H49N3O7/c1-29(2,3)40-28(38)32-22(18-13-8-7-9-14-18)26(36)33-16-19-21(30(19,4)5)23(33)25(35)31-20(15-17-11-10-12-17)24(34)27(37)39-6/h17-24,34H,7-16H2,1-6H3,(H,31,35)(H,32,38)/t19?,20?,21?,22-,23-,24?/m0/s1. The number of nitrogens with zero attached hydrogens (tertiary/aromatic N) is 1. The Kier molecular flexibility index (Phi) is 9.07. The first kappa shape index (κ1) is 30.6. The number of carbonyl (C=O) groups excluding carboxylic acids is 4. The average Bonchev–Trinajstić information content (AvgIpc) is 3.19. The predicted molar refractivity (Wildman–Crippen MR) is 148 cm³/mol. The van der Waals surface area contributed by atoms with Crippen molar-refractivity contribution in [3.8, 4) is 0 Å². The summed E-state index contributed by atoms with van der Waals surface area (Å²) in [6.07, 6.45) is 6.16. The van der Waals surface area contributed by atoms with Crippen molar-refractivity contribution in [3.63, 3.8) is 0 Å². The number of alkyl carbamates (subject to hydrolysis) is 1. The highest BCUT2D eigenvalue weighted by Gasteiger charge is 2.69. The highest BCUT2D eigenvalue weighted by atomic mass is 16.6. The van der Waals surface area contributed by atoms with Crippen LogP contribution in [0.5, 0.6) is 0 Å². The molecule has 3 amide bonds. The van der Waals surface area contributed by atoms with E-state index in [0.29, 0.717) is 18.9 Å². The van der Waals surface area contributed by atoms with E-state index in [1.807, 2.05) is 0 Å². The maximum Gasteiger partial charge on any atom is 0.408 e. The first-order valence-corrected chi connectivity index (χ1v) is 15.1. The van der Waals surface area contributed by atoms with E-state index in [0.717, 1.165) is 51.4 Å².